The Morgan fingerprint density at radius 2 is 0.510 bits per heavy atom. The van der Waals surface area contributed by atoms with Gasteiger partial charge in [-0.25, -0.2) is 0 Å². The van der Waals surface area contributed by atoms with Crippen molar-refractivity contribution in [3.8, 4) is 0 Å². The van der Waals surface area contributed by atoms with Gasteiger partial charge in [-0.2, -0.15) is 0 Å². The van der Waals surface area contributed by atoms with Crippen LogP contribution in [-0.4, -0.2) is 189 Å². The van der Waals surface area contributed by atoms with Crippen LogP contribution in [0.15, 0.2) is 0 Å². The van der Waals surface area contributed by atoms with E-state index in [0.717, 1.165) is 31.7 Å². The molecule has 0 rings (SSSR count). The predicted molar refractivity (Wildman–Crippen MR) is 182 cm³/mol. The molecule has 16 heteroatoms. The zero-order valence-corrected chi connectivity index (χ0v) is 30.4. The number of ether oxygens (including phenoxy) is 13. The third kappa shape index (κ3) is 47.2. The molecule has 49 heavy (non-hydrogen) atoms. The quantitative estimate of drug-likeness (QED) is 0.0718. The highest BCUT2D eigenvalue weighted by Gasteiger charge is 1.98. The smallest absolute Gasteiger partial charge is 0.305 e. The molecule has 1 N–H and O–H groups in total. The van der Waals surface area contributed by atoms with Crippen LogP contribution in [0.3, 0.4) is 0 Å². The van der Waals surface area contributed by atoms with Gasteiger partial charge in [0.05, 0.1) is 172 Å². The molecule has 0 spiro atoms. The molecule has 0 heterocycles. The van der Waals surface area contributed by atoms with Crippen molar-refractivity contribution in [1.29, 1.82) is 0 Å². The molecular formula is C33H65ClO15. The topological polar surface area (TPSA) is 157 Å². The molecule has 0 bridgehead atoms. The van der Waals surface area contributed by atoms with Crippen LogP contribution >= 0.6 is 11.6 Å². The first-order valence-corrected chi connectivity index (χ1v) is 18.1. The lowest BCUT2D eigenvalue weighted by molar-refractivity contribution is -0.138. The molecule has 0 saturated carbocycles. The highest BCUT2D eigenvalue weighted by molar-refractivity contribution is 6.17. The first kappa shape index (κ1) is 48.2. The Morgan fingerprint density at radius 3 is 0.735 bits per heavy atom. The van der Waals surface area contributed by atoms with Crippen molar-refractivity contribution in [2.24, 2.45) is 0 Å². The van der Waals surface area contributed by atoms with Gasteiger partial charge in [0.15, 0.2) is 0 Å². The first-order valence-electron chi connectivity index (χ1n) is 17.6. The van der Waals surface area contributed by atoms with Crippen LogP contribution in [0.25, 0.3) is 0 Å². The molecule has 0 radical (unpaired) electrons. The average molecular weight is 737 g/mol. The molecule has 0 saturated heterocycles. The van der Waals surface area contributed by atoms with E-state index in [2.05, 4.69) is 0 Å². The SMILES string of the molecule is O=C(O)CCOCCOCCOCCOCCOCCOCCOCCOCCOCCOCCOCCOCCOCCCCCCCl. The van der Waals surface area contributed by atoms with Crippen molar-refractivity contribution < 1.29 is 71.5 Å². The Morgan fingerprint density at radius 1 is 0.306 bits per heavy atom. The van der Waals surface area contributed by atoms with Crippen molar-refractivity contribution in [3.05, 3.63) is 0 Å². The van der Waals surface area contributed by atoms with Crippen molar-refractivity contribution in [3.63, 3.8) is 0 Å². The molecule has 0 unspecified atom stereocenters. The summed E-state index contributed by atoms with van der Waals surface area (Å²) in [6, 6.07) is 0. The van der Waals surface area contributed by atoms with Crippen LogP contribution in [0.1, 0.15) is 32.1 Å². The summed E-state index contributed by atoms with van der Waals surface area (Å²) in [5.74, 6) is -0.135. The maximum absolute atomic E-state index is 10.3. The minimum absolute atomic E-state index is 0.00310. The highest BCUT2D eigenvalue weighted by atomic mass is 35.5. The van der Waals surface area contributed by atoms with Crippen molar-refractivity contribution in [2.45, 2.75) is 32.1 Å². The minimum atomic E-state index is -0.875. The van der Waals surface area contributed by atoms with E-state index in [4.69, 9.17) is 78.3 Å². The summed E-state index contributed by atoms with van der Waals surface area (Å²) in [5.41, 5.74) is 0. The Labute approximate surface area is 298 Å². The largest absolute Gasteiger partial charge is 0.481 e. The van der Waals surface area contributed by atoms with E-state index in [9.17, 15) is 4.79 Å². The minimum Gasteiger partial charge on any atom is -0.481 e. The third-order valence-corrected chi connectivity index (χ3v) is 6.36. The van der Waals surface area contributed by atoms with Gasteiger partial charge in [-0.1, -0.05) is 12.8 Å². The van der Waals surface area contributed by atoms with Gasteiger partial charge < -0.3 is 66.7 Å². The van der Waals surface area contributed by atoms with E-state index in [0.29, 0.717) is 159 Å². The summed E-state index contributed by atoms with van der Waals surface area (Å²) in [6.07, 6.45) is 4.48. The van der Waals surface area contributed by atoms with Gasteiger partial charge in [0.25, 0.3) is 0 Å². The lowest BCUT2D eigenvalue weighted by atomic mass is 10.2. The van der Waals surface area contributed by atoms with E-state index in [1.807, 2.05) is 0 Å². The van der Waals surface area contributed by atoms with Crippen LogP contribution < -0.4 is 0 Å². The molecule has 0 aliphatic rings. The number of alkyl halides is 1. The monoisotopic (exact) mass is 736 g/mol. The molecule has 0 amide bonds. The van der Waals surface area contributed by atoms with E-state index < -0.39 is 5.97 Å². The van der Waals surface area contributed by atoms with Crippen LogP contribution in [0.5, 0.6) is 0 Å². The predicted octanol–water partition coefficient (Wildman–Crippen LogP) is 2.48. The fourth-order valence-corrected chi connectivity index (χ4v) is 3.74. The second kappa shape index (κ2) is 45.3. The summed E-state index contributed by atoms with van der Waals surface area (Å²) < 4.78 is 70.6. The Balaban J connectivity index is 3.05. The summed E-state index contributed by atoms with van der Waals surface area (Å²) in [4.78, 5) is 10.3. The van der Waals surface area contributed by atoms with Gasteiger partial charge in [-0.05, 0) is 12.8 Å². The molecule has 0 atom stereocenters. The molecular weight excluding hydrogens is 672 g/mol. The van der Waals surface area contributed by atoms with Crippen LogP contribution in [0, 0.1) is 0 Å². The summed E-state index contributed by atoms with van der Waals surface area (Å²) in [6.45, 7) is 12.9. The average Bonchev–Trinajstić information content (AvgIpc) is 3.10. The molecule has 0 aromatic carbocycles. The van der Waals surface area contributed by atoms with Crippen LogP contribution in [0.4, 0.5) is 0 Å². The van der Waals surface area contributed by atoms with Crippen LogP contribution in [-0.2, 0) is 66.4 Å². The second-order valence-corrected chi connectivity index (χ2v) is 10.6. The number of halogens is 1. The number of hydrogen-bond donors (Lipinski definition) is 1. The van der Waals surface area contributed by atoms with Crippen molar-refractivity contribution in [1.82, 2.24) is 0 Å². The van der Waals surface area contributed by atoms with Gasteiger partial charge in [0.1, 0.15) is 0 Å². The first-order chi connectivity index (χ1) is 24.3. The fourth-order valence-electron chi connectivity index (χ4n) is 3.55. The Bertz CT molecular complexity index is 625. The number of unbranched alkanes of at least 4 members (excludes halogenated alkanes) is 3. The van der Waals surface area contributed by atoms with Gasteiger partial charge in [-0.15, -0.1) is 11.6 Å². The molecule has 0 aromatic heterocycles. The maximum atomic E-state index is 10.3. The summed E-state index contributed by atoms with van der Waals surface area (Å²) in [5, 5.41) is 8.49. The second-order valence-electron chi connectivity index (χ2n) is 10.2. The van der Waals surface area contributed by atoms with Gasteiger partial charge >= 0.3 is 5.97 Å². The van der Waals surface area contributed by atoms with Gasteiger partial charge in [0.2, 0.25) is 0 Å². The Hall–Kier alpha value is -0.760. The number of carboxylic acid groups (broad SMARTS) is 1. The number of carbonyl (C=O) groups is 1. The number of rotatable bonds is 45. The van der Waals surface area contributed by atoms with Crippen molar-refractivity contribution >= 4 is 17.6 Å². The molecule has 0 aliphatic heterocycles. The molecule has 294 valence electrons. The molecule has 0 aromatic rings. The maximum Gasteiger partial charge on any atom is 0.305 e. The zero-order chi connectivity index (χ0) is 35.4. The lowest BCUT2D eigenvalue weighted by Gasteiger charge is -2.09. The lowest BCUT2D eigenvalue weighted by Crippen LogP contribution is -2.15. The fraction of sp³-hybridized carbons (Fsp3) is 0.970. The molecule has 0 aliphatic carbocycles. The number of carboxylic acids is 1. The third-order valence-electron chi connectivity index (χ3n) is 6.10. The Kier molecular flexibility index (Phi) is 44.6. The zero-order valence-electron chi connectivity index (χ0n) is 29.7. The number of aliphatic carboxylic acids is 1. The van der Waals surface area contributed by atoms with E-state index in [-0.39, 0.29) is 13.0 Å². The van der Waals surface area contributed by atoms with Gasteiger partial charge in [-0.3, -0.25) is 4.79 Å². The standard InChI is InChI=1S/C33H65ClO15/c34-6-3-1-2-4-7-37-9-11-39-13-15-41-17-19-43-21-23-45-25-27-47-29-31-49-32-30-48-28-26-46-24-22-44-20-18-42-16-14-40-12-10-38-8-5-33(35)36/h1-32H2,(H,35,36). The molecule has 0 fully saturated rings. The number of hydrogen-bond acceptors (Lipinski definition) is 14. The van der Waals surface area contributed by atoms with E-state index >= 15 is 0 Å². The summed E-state index contributed by atoms with van der Waals surface area (Å²) in [7, 11) is 0. The van der Waals surface area contributed by atoms with Gasteiger partial charge in [0, 0.05) is 12.5 Å². The van der Waals surface area contributed by atoms with Crippen molar-refractivity contribution in [2.75, 3.05) is 178 Å². The van der Waals surface area contributed by atoms with E-state index in [1.54, 1.807) is 0 Å². The summed E-state index contributed by atoms with van der Waals surface area (Å²) >= 11 is 5.65. The van der Waals surface area contributed by atoms with Crippen LogP contribution in [0.2, 0.25) is 0 Å². The van der Waals surface area contributed by atoms with E-state index in [1.165, 1.54) is 6.42 Å². The normalized spacial score (nSPS) is 11.5. The highest BCUT2D eigenvalue weighted by Crippen LogP contribution is 2.01. The molecule has 15 nitrogen and oxygen atoms in total.